The number of urea groups is 1. The second kappa shape index (κ2) is 4.81. The number of rotatable bonds is 2. The molecule has 5 heteroatoms. The highest BCUT2D eigenvalue weighted by atomic mass is 19.1. The Balaban J connectivity index is 1.76. The highest BCUT2D eigenvalue weighted by Gasteiger charge is 2.38. The highest BCUT2D eigenvalue weighted by molar-refractivity contribution is 5.77. The van der Waals surface area contributed by atoms with E-state index in [1.165, 1.54) is 12.1 Å². The van der Waals surface area contributed by atoms with Crippen LogP contribution < -0.4 is 5.32 Å². The van der Waals surface area contributed by atoms with Crippen molar-refractivity contribution in [1.29, 1.82) is 0 Å². The Kier molecular flexibility index (Phi) is 3.14. The molecule has 2 heterocycles. The van der Waals surface area contributed by atoms with Crippen LogP contribution >= 0.6 is 0 Å². The fourth-order valence-electron chi connectivity index (χ4n) is 2.84. The Labute approximate surface area is 112 Å². The van der Waals surface area contributed by atoms with Crippen molar-refractivity contribution in [2.24, 2.45) is 0 Å². The highest BCUT2D eigenvalue weighted by Crippen LogP contribution is 2.21. The zero-order valence-corrected chi connectivity index (χ0v) is 11.0. The van der Waals surface area contributed by atoms with Crippen LogP contribution in [0.4, 0.5) is 9.18 Å². The normalized spacial score (nSPS) is 22.8. The van der Waals surface area contributed by atoms with Crippen molar-refractivity contribution in [3.8, 4) is 0 Å². The number of benzene rings is 1. The van der Waals surface area contributed by atoms with Crippen molar-refractivity contribution in [3.05, 3.63) is 35.1 Å². The molecule has 1 atom stereocenters. The zero-order valence-electron chi connectivity index (χ0n) is 11.0. The summed E-state index contributed by atoms with van der Waals surface area (Å²) in [5.74, 6) is -0.244. The van der Waals surface area contributed by atoms with Gasteiger partial charge in [-0.3, -0.25) is 0 Å². The minimum atomic E-state index is -0.244. The molecule has 2 saturated heterocycles. The van der Waals surface area contributed by atoms with Crippen LogP contribution in [0.2, 0.25) is 0 Å². The topological polar surface area (TPSA) is 35.6 Å². The zero-order chi connectivity index (χ0) is 13.4. The first-order valence-electron chi connectivity index (χ1n) is 6.66. The van der Waals surface area contributed by atoms with Crippen molar-refractivity contribution in [2.75, 3.05) is 26.2 Å². The van der Waals surface area contributed by atoms with Gasteiger partial charge in [0.15, 0.2) is 0 Å². The molecule has 2 amide bonds. The first-order valence-corrected chi connectivity index (χ1v) is 6.66. The third-order valence-corrected chi connectivity index (χ3v) is 3.97. The summed E-state index contributed by atoms with van der Waals surface area (Å²) in [7, 11) is 0. The average molecular weight is 263 g/mol. The van der Waals surface area contributed by atoms with E-state index >= 15 is 0 Å². The second-order valence-electron chi connectivity index (χ2n) is 5.29. The molecule has 1 aromatic rings. The fraction of sp³-hybridized carbons (Fsp3) is 0.500. The maximum atomic E-state index is 13.3. The Bertz CT molecular complexity index is 505. The molecular formula is C14H18FN3O. The van der Waals surface area contributed by atoms with Crippen LogP contribution in [0.5, 0.6) is 0 Å². The lowest BCUT2D eigenvalue weighted by atomic mass is 10.1. The smallest absolute Gasteiger partial charge is 0.318 e. The molecule has 0 aliphatic carbocycles. The van der Waals surface area contributed by atoms with E-state index in [-0.39, 0.29) is 17.9 Å². The van der Waals surface area contributed by atoms with Crippen LogP contribution in [0, 0.1) is 12.7 Å². The molecule has 3 rings (SSSR count). The summed E-state index contributed by atoms with van der Waals surface area (Å²) in [4.78, 5) is 16.0. The van der Waals surface area contributed by atoms with Gasteiger partial charge in [-0.15, -0.1) is 0 Å². The summed E-state index contributed by atoms with van der Waals surface area (Å²) >= 11 is 0. The molecule has 19 heavy (non-hydrogen) atoms. The summed E-state index contributed by atoms with van der Waals surface area (Å²) in [6.45, 7) is 5.64. The van der Waals surface area contributed by atoms with Crippen LogP contribution in [0.25, 0.3) is 0 Å². The first kappa shape index (κ1) is 12.4. The largest absolute Gasteiger partial charge is 0.320 e. The Morgan fingerprint density at radius 2 is 2.32 bits per heavy atom. The van der Waals surface area contributed by atoms with Crippen LogP contribution in [-0.2, 0) is 6.54 Å². The van der Waals surface area contributed by atoms with E-state index in [9.17, 15) is 9.18 Å². The maximum absolute atomic E-state index is 13.3. The van der Waals surface area contributed by atoms with E-state index in [4.69, 9.17) is 0 Å². The number of carbonyl (C=O) groups excluding carboxylic acids is 1. The predicted octanol–water partition coefficient (Wildman–Crippen LogP) is 1.34. The first-order chi connectivity index (χ1) is 9.15. The predicted molar refractivity (Wildman–Crippen MR) is 70.3 cm³/mol. The molecular weight excluding hydrogens is 245 g/mol. The second-order valence-corrected chi connectivity index (χ2v) is 5.29. The lowest BCUT2D eigenvalue weighted by Gasteiger charge is -2.28. The van der Waals surface area contributed by atoms with E-state index < -0.39 is 0 Å². The van der Waals surface area contributed by atoms with Gasteiger partial charge < -0.3 is 15.1 Å². The van der Waals surface area contributed by atoms with Crippen LogP contribution in [0.3, 0.4) is 0 Å². The minimum absolute atomic E-state index is 0.0789. The number of nitrogens with one attached hydrogen (secondary N) is 1. The number of piperazine rings is 1. The molecule has 0 saturated carbocycles. The molecule has 0 aromatic heterocycles. The van der Waals surface area contributed by atoms with Gasteiger partial charge in [0.25, 0.3) is 0 Å². The van der Waals surface area contributed by atoms with Gasteiger partial charge >= 0.3 is 6.03 Å². The minimum Gasteiger partial charge on any atom is -0.318 e. The lowest BCUT2D eigenvalue weighted by molar-refractivity contribution is 0.178. The van der Waals surface area contributed by atoms with E-state index in [0.717, 1.165) is 37.3 Å². The Morgan fingerprint density at radius 1 is 1.47 bits per heavy atom. The Morgan fingerprint density at radius 3 is 3.11 bits per heavy atom. The van der Waals surface area contributed by atoms with Gasteiger partial charge in [0.05, 0.1) is 6.04 Å². The lowest BCUT2D eigenvalue weighted by Crippen LogP contribution is -2.49. The van der Waals surface area contributed by atoms with Crippen molar-refractivity contribution in [3.63, 3.8) is 0 Å². The number of carbonyl (C=O) groups is 1. The van der Waals surface area contributed by atoms with E-state index in [1.54, 1.807) is 6.07 Å². The molecule has 2 aliphatic rings. The van der Waals surface area contributed by atoms with Crippen LogP contribution in [0.1, 0.15) is 11.1 Å². The molecule has 102 valence electrons. The van der Waals surface area contributed by atoms with Crippen molar-refractivity contribution in [2.45, 2.75) is 19.5 Å². The molecule has 0 radical (unpaired) electrons. The SMILES string of the molecule is Cc1ccc(F)cc1CN1CC2CNCCN2C1=O. The number of hydrogen-bond acceptors (Lipinski definition) is 2. The molecule has 4 nitrogen and oxygen atoms in total. The molecule has 2 fully saturated rings. The quantitative estimate of drug-likeness (QED) is 0.874. The number of nitrogens with zero attached hydrogens (tertiary/aromatic N) is 2. The van der Waals surface area contributed by atoms with Crippen molar-refractivity contribution in [1.82, 2.24) is 15.1 Å². The number of halogens is 1. The van der Waals surface area contributed by atoms with Crippen molar-refractivity contribution >= 4 is 6.03 Å². The standard InChI is InChI=1S/C14H18FN3O/c1-10-2-3-12(15)6-11(10)8-17-9-13-7-16-4-5-18(13)14(17)19/h2-3,6,13,16H,4-5,7-9H2,1H3. The molecule has 0 spiro atoms. The number of amides is 2. The average Bonchev–Trinajstić information content (AvgIpc) is 2.72. The van der Waals surface area contributed by atoms with Gasteiger partial charge in [0, 0.05) is 32.7 Å². The van der Waals surface area contributed by atoms with Gasteiger partial charge in [-0.25, -0.2) is 9.18 Å². The summed E-state index contributed by atoms with van der Waals surface area (Å²) in [5, 5.41) is 3.30. The van der Waals surface area contributed by atoms with E-state index in [0.29, 0.717) is 6.54 Å². The van der Waals surface area contributed by atoms with Crippen LogP contribution in [0.15, 0.2) is 18.2 Å². The number of aryl methyl sites for hydroxylation is 1. The third kappa shape index (κ3) is 2.30. The number of fused-ring (bicyclic) bond motifs is 1. The Hall–Kier alpha value is -1.62. The summed E-state index contributed by atoms with van der Waals surface area (Å²) in [5.41, 5.74) is 1.92. The molecule has 1 aromatic carbocycles. The summed E-state index contributed by atoms with van der Waals surface area (Å²) in [6, 6.07) is 5.08. The fourth-order valence-corrected chi connectivity index (χ4v) is 2.84. The molecule has 0 bridgehead atoms. The number of hydrogen-bond donors (Lipinski definition) is 1. The molecule has 2 aliphatic heterocycles. The van der Waals surface area contributed by atoms with Gasteiger partial charge in [-0.1, -0.05) is 6.07 Å². The van der Waals surface area contributed by atoms with E-state index in [1.807, 2.05) is 16.7 Å². The maximum Gasteiger partial charge on any atom is 0.320 e. The summed E-state index contributed by atoms with van der Waals surface area (Å²) < 4.78 is 13.3. The van der Waals surface area contributed by atoms with Gasteiger partial charge in [-0.05, 0) is 30.2 Å². The molecule has 1 unspecified atom stereocenters. The van der Waals surface area contributed by atoms with Crippen LogP contribution in [-0.4, -0.2) is 48.1 Å². The third-order valence-electron chi connectivity index (χ3n) is 3.97. The van der Waals surface area contributed by atoms with Gasteiger partial charge in [0.1, 0.15) is 5.82 Å². The summed E-state index contributed by atoms with van der Waals surface area (Å²) in [6.07, 6.45) is 0. The molecule has 1 N–H and O–H groups in total. The van der Waals surface area contributed by atoms with E-state index in [2.05, 4.69) is 5.32 Å². The monoisotopic (exact) mass is 263 g/mol. The van der Waals surface area contributed by atoms with Gasteiger partial charge in [-0.2, -0.15) is 0 Å². The van der Waals surface area contributed by atoms with Gasteiger partial charge in [0.2, 0.25) is 0 Å². The van der Waals surface area contributed by atoms with Crippen molar-refractivity contribution < 1.29 is 9.18 Å².